The minimum atomic E-state index is -4.65. The summed E-state index contributed by atoms with van der Waals surface area (Å²) in [5, 5.41) is 2.27. The third-order valence-electron chi connectivity index (χ3n) is 2.36. The lowest BCUT2D eigenvalue weighted by Crippen LogP contribution is -2.54. The molecule has 0 saturated heterocycles. The van der Waals surface area contributed by atoms with E-state index in [-0.39, 0.29) is 18.4 Å². The largest absolute Gasteiger partial charge is 0.412 e. The summed E-state index contributed by atoms with van der Waals surface area (Å²) in [6.45, 7) is 1.98. The smallest absolute Gasteiger partial charge is 0.352 e. The number of hydrogen-bond acceptors (Lipinski definition) is 2. The first-order valence-electron chi connectivity index (χ1n) is 4.43. The highest BCUT2D eigenvalue weighted by atomic mass is 35.5. The van der Waals surface area contributed by atoms with E-state index in [4.69, 9.17) is 5.73 Å². The Morgan fingerprint density at radius 2 is 1.93 bits per heavy atom. The van der Waals surface area contributed by atoms with Crippen LogP contribution in [-0.4, -0.2) is 24.2 Å². The summed E-state index contributed by atoms with van der Waals surface area (Å²) < 4.78 is 35.9. The van der Waals surface area contributed by atoms with Crippen molar-refractivity contribution in [3.8, 4) is 0 Å². The molecule has 0 radical (unpaired) electrons. The molecular weight excluding hydrogens is 233 g/mol. The molecule has 0 aliphatic heterocycles. The Labute approximate surface area is 92.0 Å². The van der Waals surface area contributed by atoms with Gasteiger partial charge in [0.2, 0.25) is 5.91 Å². The highest BCUT2D eigenvalue weighted by molar-refractivity contribution is 5.85. The van der Waals surface area contributed by atoms with E-state index in [1.165, 1.54) is 0 Å². The fourth-order valence-electron chi connectivity index (χ4n) is 1.46. The molecular formula is C8H14ClF3N2O. The van der Waals surface area contributed by atoms with Gasteiger partial charge in [-0.3, -0.25) is 4.79 Å². The van der Waals surface area contributed by atoms with Gasteiger partial charge in [-0.25, -0.2) is 0 Å². The van der Waals surface area contributed by atoms with Crippen molar-refractivity contribution in [3.05, 3.63) is 0 Å². The van der Waals surface area contributed by atoms with Gasteiger partial charge in [0.15, 0.2) is 6.04 Å². The first-order chi connectivity index (χ1) is 6.30. The molecule has 1 unspecified atom stereocenters. The lowest BCUT2D eigenvalue weighted by atomic mass is 9.82. The van der Waals surface area contributed by atoms with Crippen molar-refractivity contribution in [3.63, 3.8) is 0 Å². The number of nitrogens with two attached hydrogens (primary N) is 1. The number of hydrogen-bond donors (Lipinski definition) is 2. The first kappa shape index (κ1) is 14.5. The Balaban J connectivity index is 0.00000196. The molecule has 0 aromatic heterocycles. The Morgan fingerprint density at radius 1 is 1.47 bits per heavy atom. The van der Waals surface area contributed by atoms with E-state index in [2.05, 4.69) is 5.32 Å². The van der Waals surface area contributed by atoms with Crippen LogP contribution >= 0.6 is 12.4 Å². The van der Waals surface area contributed by atoms with Gasteiger partial charge in [0.05, 0.1) is 0 Å². The summed E-state index contributed by atoms with van der Waals surface area (Å²) in [6.07, 6.45) is -3.19. The van der Waals surface area contributed by atoms with Crippen LogP contribution in [-0.2, 0) is 4.79 Å². The van der Waals surface area contributed by atoms with E-state index in [1.54, 1.807) is 0 Å². The van der Waals surface area contributed by atoms with Gasteiger partial charge < -0.3 is 11.1 Å². The second-order valence-electron chi connectivity index (χ2n) is 3.80. The average molecular weight is 247 g/mol. The van der Waals surface area contributed by atoms with Crippen LogP contribution in [0.4, 0.5) is 13.2 Å². The lowest BCUT2D eigenvalue weighted by Gasteiger charge is -2.34. The zero-order valence-corrected chi connectivity index (χ0v) is 8.99. The fourth-order valence-corrected chi connectivity index (χ4v) is 1.46. The normalized spacial score (nSPS) is 27.3. The van der Waals surface area contributed by atoms with Crippen molar-refractivity contribution in [2.45, 2.75) is 38.0 Å². The minimum absolute atomic E-state index is 0. The topological polar surface area (TPSA) is 55.1 Å². The number of halogens is 4. The number of carbonyl (C=O) groups excluding carboxylic acids is 1. The van der Waals surface area contributed by atoms with Crippen LogP contribution < -0.4 is 11.1 Å². The molecule has 0 heterocycles. The number of alkyl halides is 3. The Morgan fingerprint density at radius 3 is 2.27 bits per heavy atom. The van der Waals surface area contributed by atoms with Gasteiger partial charge >= 0.3 is 6.18 Å². The van der Waals surface area contributed by atoms with E-state index in [9.17, 15) is 18.0 Å². The summed E-state index contributed by atoms with van der Waals surface area (Å²) in [4.78, 5) is 10.9. The Kier molecular flexibility index (Phi) is 4.86. The van der Waals surface area contributed by atoms with Crippen molar-refractivity contribution in [1.29, 1.82) is 0 Å². The second-order valence-corrected chi connectivity index (χ2v) is 3.80. The van der Waals surface area contributed by atoms with E-state index in [1.807, 2.05) is 6.92 Å². The summed E-state index contributed by atoms with van der Waals surface area (Å²) in [5.41, 5.74) is 4.72. The van der Waals surface area contributed by atoms with Crippen molar-refractivity contribution in [1.82, 2.24) is 5.32 Å². The molecule has 3 nitrogen and oxygen atoms in total. The van der Waals surface area contributed by atoms with Gasteiger partial charge in [-0.15, -0.1) is 12.4 Å². The van der Waals surface area contributed by atoms with Crippen molar-refractivity contribution in [2.24, 2.45) is 11.7 Å². The molecule has 1 rings (SSSR count). The highest BCUT2D eigenvalue weighted by Crippen LogP contribution is 2.27. The molecule has 0 aromatic rings. The van der Waals surface area contributed by atoms with Crippen LogP contribution in [0.2, 0.25) is 0 Å². The zero-order chi connectivity index (χ0) is 10.9. The monoisotopic (exact) mass is 246 g/mol. The number of carbonyl (C=O) groups is 1. The van der Waals surface area contributed by atoms with Crippen LogP contribution in [0.3, 0.4) is 0 Å². The maximum Gasteiger partial charge on any atom is 0.412 e. The van der Waals surface area contributed by atoms with Gasteiger partial charge in [-0.1, -0.05) is 6.92 Å². The summed E-state index contributed by atoms with van der Waals surface area (Å²) in [7, 11) is 0. The summed E-state index contributed by atoms with van der Waals surface area (Å²) in [5.74, 6) is -0.656. The summed E-state index contributed by atoms with van der Waals surface area (Å²) >= 11 is 0. The molecule has 1 aliphatic carbocycles. The van der Waals surface area contributed by atoms with Crippen molar-refractivity contribution < 1.29 is 18.0 Å². The quantitative estimate of drug-likeness (QED) is 0.770. The highest BCUT2D eigenvalue weighted by Gasteiger charge is 2.43. The standard InChI is InChI=1S/C8H13F3N2O.ClH/c1-4-2-5(3-4)13-7(14)6(12)8(9,10)11;/h4-6H,2-3,12H2,1H3,(H,13,14);1H. The van der Waals surface area contributed by atoms with Gasteiger partial charge in [-0.2, -0.15) is 13.2 Å². The van der Waals surface area contributed by atoms with Gasteiger partial charge in [0, 0.05) is 6.04 Å². The predicted molar refractivity (Wildman–Crippen MR) is 51.6 cm³/mol. The molecule has 1 fully saturated rings. The van der Waals surface area contributed by atoms with Crippen LogP contribution in [0.5, 0.6) is 0 Å². The van der Waals surface area contributed by atoms with E-state index >= 15 is 0 Å². The van der Waals surface area contributed by atoms with E-state index in [0.29, 0.717) is 5.92 Å². The molecule has 1 amide bonds. The minimum Gasteiger partial charge on any atom is -0.352 e. The van der Waals surface area contributed by atoms with E-state index < -0.39 is 18.1 Å². The molecule has 15 heavy (non-hydrogen) atoms. The second kappa shape index (κ2) is 5.03. The maximum atomic E-state index is 12.0. The van der Waals surface area contributed by atoms with Crippen LogP contribution in [0.15, 0.2) is 0 Å². The third-order valence-corrected chi connectivity index (χ3v) is 2.36. The first-order valence-corrected chi connectivity index (χ1v) is 4.43. The number of amides is 1. The molecule has 1 aliphatic rings. The van der Waals surface area contributed by atoms with Gasteiger partial charge in [0.1, 0.15) is 0 Å². The predicted octanol–water partition coefficient (Wildman–Crippen LogP) is 1.21. The molecule has 1 atom stereocenters. The zero-order valence-electron chi connectivity index (χ0n) is 8.17. The van der Waals surface area contributed by atoms with Crippen LogP contribution in [0.25, 0.3) is 0 Å². The molecule has 1 saturated carbocycles. The fraction of sp³-hybridized carbons (Fsp3) is 0.875. The van der Waals surface area contributed by atoms with E-state index in [0.717, 1.165) is 12.8 Å². The van der Waals surface area contributed by atoms with Gasteiger partial charge in [0.25, 0.3) is 0 Å². The molecule has 7 heteroatoms. The molecule has 0 bridgehead atoms. The van der Waals surface area contributed by atoms with Crippen molar-refractivity contribution in [2.75, 3.05) is 0 Å². The Bertz CT molecular complexity index is 228. The molecule has 0 aromatic carbocycles. The summed E-state index contributed by atoms with van der Waals surface area (Å²) in [6, 6.07) is -2.54. The average Bonchev–Trinajstić information content (AvgIpc) is 1.98. The van der Waals surface area contributed by atoms with Crippen LogP contribution in [0.1, 0.15) is 19.8 Å². The number of nitrogens with one attached hydrogen (secondary N) is 1. The lowest BCUT2D eigenvalue weighted by molar-refractivity contribution is -0.163. The Hall–Kier alpha value is -0.490. The third kappa shape index (κ3) is 3.87. The molecule has 3 N–H and O–H groups in total. The van der Waals surface area contributed by atoms with Crippen molar-refractivity contribution >= 4 is 18.3 Å². The molecule has 0 spiro atoms. The SMILES string of the molecule is CC1CC(NC(=O)C(N)C(F)(F)F)C1.Cl. The maximum absolute atomic E-state index is 12.0. The molecule has 90 valence electrons. The van der Waals surface area contributed by atoms with Gasteiger partial charge in [-0.05, 0) is 18.8 Å². The van der Waals surface area contributed by atoms with Crippen LogP contribution in [0, 0.1) is 5.92 Å². The number of rotatable bonds is 2.